The first kappa shape index (κ1) is 13.0. The molecule has 0 radical (unpaired) electrons. The first-order valence-electron chi connectivity index (χ1n) is 5.95. The van der Waals surface area contributed by atoms with Gasteiger partial charge in [-0.3, -0.25) is 4.79 Å². The maximum atomic E-state index is 11.0. The van der Waals surface area contributed by atoms with Crippen LogP contribution in [0.15, 0.2) is 24.3 Å². The van der Waals surface area contributed by atoms with Crippen LogP contribution in [0.4, 0.5) is 0 Å². The second-order valence-electron chi connectivity index (χ2n) is 5.98. The van der Waals surface area contributed by atoms with Gasteiger partial charge in [-0.05, 0) is 23.0 Å². The summed E-state index contributed by atoms with van der Waals surface area (Å²) < 4.78 is 0. The third-order valence-corrected chi connectivity index (χ3v) is 2.18. The van der Waals surface area contributed by atoms with Crippen molar-refractivity contribution in [1.82, 2.24) is 0 Å². The van der Waals surface area contributed by atoms with Crippen LogP contribution in [0.25, 0.3) is 0 Å². The molecule has 88 valence electrons. The Morgan fingerprint density at radius 1 is 0.938 bits per heavy atom. The molecule has 1 aliphatic carbocycles. The van der Waals surface area contributed by atoms with E-state index in [1.165, 1.54) is 11.1 Å². The number of rotatable bonds is 0. The Bertz CT molecular complexity index is 352. The van der Waals surface area contributed by atoms with Crippen molar-refractivity contribution in [3.8, 4) is 0 Å². The summed E-state index contributed by atoms with van der Waals surface area (Å²) in [6, 6.07) is 8.19. The molecule has 0 N–H and O–H groups in total. The van der Waals surface area contributed by atoms with E-state index in [4.69, 9.17) is 0 Å². The summed E-state index contributed by atoms with van der Waals surface area (Å²) >= 11 is 0. The van der Waals surface area contributed by atoms with Crippen molar-refractivity contribution in [3.63, 3.8) is 0 Å². The highest BCUT2D eigenvalue weighted by Crippen LogP contribution is 2.17. The molecular weight excluding hydrogens is 196 g/mol. The topological polar surface area (TPSA) is 17.1 Å². The molecule has 0 spiro atoms. The second-order valence-corrected chi connectivity index (χ2v) is 5.98. The molecule has 0 amide bonds. The lowest BCUT2D eigenvalue weighted by molar-refractivity contribution is -0.118. The average Bonchev–Trinajstić information content (AvgIpc) is 2.15. The van der Waals surface area contributed by atoms with E-state index in [-0.39, 0.29) is 0 Å². The molecule has 0 fully saturated rings. The Morgan fingerprint density at radius 3 is 2.00 bits per heavy atom. The van der Waals surface area contributed by atoms with Gasteiger partial charge in [0.25, 0.3) is 0 Å². The van der Waals surface area contributed by atoms with Gasteiger partial charge in [0.05, 0.1) is 0 Å². The number of hydrogen-bond donors (Lipinski definition) is 0. The van der Waals surface area contributed by atoms with Crippen LogP contribution in [0.5, 0.6) is 0 Å². The van der Waals surface area contributed by atoms with Crippen molar-refractivity contribution in [1.29, 1.82) is 0 Å². The minimum atomic E-state index is 0.378. The molecule has 0 saturated carbocycles. The zero-order valence-corrected chi connectivity index (χ0v) is 10.8. The molecule has 0 atom stereocenters. The summed E-state index contributed by atoms with van der Waals surface area (Å²) in [6.07, 6.45) is 2.32. The highest BCUT2D eigenvalue weighted by molar-refractivity contribution is 5.83. The highest BCUT2D eigenvalue weighted by Gasteiger charge is 2.13. The average molecular weight is 218 g/mol. The molecular formula is C15H22O. The monoisotopic (exact) mass is 218 g/mol. The third-order valence-electron chi connectivity index (χ3n) is 2.18. The zero-order chi connectivity index (χ0) is 12.2. The van der Waals surface area contributed by atoms with E-state index >= 15 is 0 Å². The number of fused-ring (bicyclic) bond motifs is 1. The fourth-order valence-electron chi connectivity index (χ4n) is 1.55. The number of carbonyl (C=O) groups excluding carboxylic acids is 1. The minimum Gasteiger partial charge on any atom is -0.299 e. The van der Waals surface area contributed by atoms with Crippen LogP contribution in [0.1, 0.15) is 45.2 Å². The Kier molecular flexibility index (Phi) is 4.28. The maximum Gasteiger partial charge on any atom is 0.137 e. The standard InChI is InChI=1S/C10H10O.C5H12/c11-10-6-5-8-3-1-2-4-9(8)7-10;1-5(2,3)4/h1-4H,5-7H2;1-4H3. The number of carbonyl (C=O) groups is 1. The molecule has 1 aromatic rings. The van der Waals surface area contributed by atoms with E-state index in [0.29, 0.717) is 17.6 Å². The van der Waals surface area contributed by atoms with Crippen molar-refractivity contribution in [2.45, 2.75) is 47.0 Å². The van der Waals surface area contributed by atoms with Crippen LogP contribution in [-0.2, 0) is 17.6 Å². The van der Waals surface area contributed by atoms with Crippen LogP contribution in [0, 0.1) is 5.41 Å². The Balaban J connectivity index is 0.000000221. The Morgan fingerprint density at radius 2 is 1.44 bits per heavy atom. The van der Waals surface area contributed by atoms with E-state index in [0.717, 1.165) is 12.8 Å². The predicted octanol–water partition coefficient (Wildman–Crippen LogP) is 3.80. The molecule has 1 aliphatic rings. The lowest BCUT2D eigenvalue weighted by Gasteiger charge is -2.13. The van der Waals surface area contributed by atoms with Crippen molar-refractivity contribution >= 4 is 5.78 Å². The normalized spacial score (nSPS) is 14.9. The van der Waals surface area contributed by atoms with E-state index in [1.807, 2.05) is 18.2 Å². The number of aryl methyl sites for hydroxylation is 1. The molecule has 0 saturated heterocycles. The van der Waals surface area contributed by atoms with Gasteiger partial charge in [0.1, 0.15) is 5.78 Å². The van der Waals surface area contributed by atoms with Gasteiger partial charge in [0, 0.05) is 12.8 Å². The Labute approximate surface area is 98.9 Å². The smallest absolute Gasteiger partial charge is 0.137 e. The fraction of sp³-hybridized carbons (Fsp3) is 0.533. The summed E-state index contributed by atoms with van der Waals surface area (Å²) in [5.74, 6) is 0.378. The Hall–Kier alpha value is -1.11. The van der Waals surface area contributed by atoms with Crippen LogP contribution >= 0.6 is 0 Å². The van der Waals surface area contributed by atoms with Crippen LogP contribution < -0.4 is 0 Å². The van der Waals surface area contributed by atoms with Crippen molar-refractivity contribution in [3.05, 3.63) is 35.4 Å². The number of Topliss-reactive ketones (excluding diaryl/α,β-unsaturated/α-hetero) is 1. The van der Waals surface area contributed by atoms with Crippen LogP contribution in [0.2, 0.25) is 0 Å². The largest absolute Gasteiger partial charge is 0.299 e. The van der Waals surface area contributed by atoms with Gasteiger partial charge >= 0.3 is 0 Å². The maximum absolute atomic E-state index is 11.0. The molecule has 0 unspecified atom stereocenters. The quantitative estimate of drug-likeness (QED) is 0.647. The van der Waals surface area contributed by atoms with E-state index in [1.54, 1.807) is 0 Å². The van der Waals surface area contributed by atoms with Gasteiger partial charge in [0.15, 0.2) is 0 Å². The molecule has 1 aromatic carbocycles. The number of ketones is 1. The van der Waals surface area contributed by atoms with Gasteiger partial charge in [-0.25, -0.2) is 0 Å². The number of benzene rings is 1. The van der Waals surface area contributed by atoms with E-state index in [9.17, 15) is 4.79 Å². The third kappa shape index (κ3) is 5.11. The summed E-state index contributed by atoms with van der Waals surface area (Å²) in [5.41, 5.74) is 3.08. The summed E-state index contributed by atoms with van der Waals surface area (Å²) in [7, 11) is 0. The summed E-state index contributed by atoms with van der Waals surface area (Å²) in [4.78, 5) is 11.0. The first-order chi connectivity index (χ1) is 7.36. The summed E-state index contributed by atoms with van der Waals surface area (Å²) in [5, 5.41) is 0. The van der Waals surface area contributed by atoms with Gasteiger partial charge in [-0.15, -0.1) is 0 Å². The first-order valence-corrected chi connectivity index (χ1v) is 5.95. The van der Waals surface area contributed by atoms with Crippen LogP contribution in [-0.4, -0.2) is 5.78 Å². The molecule has 0 aliphatic heterocycles. The van der Waals surface area contributed by atoms with E-state index < -0.39 is 0 Å². The molecule has 1 nitrogen and oxygen atoms in total. The molecule has 0 aromatic heterocycles. The predicted molar refractivity (Wildman–Crippen MR) is 68.6 cm³/mol. The van der Waals surface area contributed by atoms with Gasteiger partial charge in [-0.1, -0.05) is 52.0 Å². The van der Waals surface area contributed by atoms with Gasteiger partial charge in [-0.2, -0.15) is 0 Å². The SMILES string of the molecule is CC(C)(C)C.O=C1CCc2ccccc2C1. The van der Waals surface area contributed by atoms with E-state index in [2.05, 4.69) is 33.8 Å². The number of hydrogen-bond acceptors (Lipinski definition) is 1. The van der Waals surface area contributed by atoms with Crippen molar-refractivity contribution in [2.24, 2.45) is 5.41 Å². The van der Waals surface area contributed by atoms with Crippen molar-refractivity contribution < 1.29 is 4.79 Å². The molecule has 0 heterocycles. The zero-order valence-electron chi connectivity index (χ0n) is 10.8. The molecule has 1 heteroatoms. The lowest BCUT2D eigenvalue weighted by Crippen LogP contribution is -2.12. The lowest BCUT2D eigenvalue weighted by atomic mass is 9.91. The molecule has 2 rings (SSSR count). The second kappa shape index (κ2) is 5.29. The minimum absolute atomic E-state index is 0.378. The van der Waals surface area contributed by atoms with Crippen LogP contribution in [0.3, 0.4) is 0 Å². The highest BCUT2D eigenvalue weighted by atomic mass is 16.1. The van der Waals surface area contributed by atoms with Gasteiger partial charge in [0.2, 0.25) is 0 Å². The van der Waals surface area contributed by atoms with Gasteiger partial charge < -0.3 is 0 Å². The van der Waals surface area contributed by atoms with Crippen molar-refractivity contribution in [2.75, 3.05) is 0 Å². The molecule has 0 bridgehead atoms. The summed E-state index contributed by atoms with van der Waals surface area (Å²) in [6.45, 7) is 8.75. The fourth-order valence-corrected chi connectivity index (χ4v) is 1.55. The molecule has 16 heavy (non-hydrogen) atoms.